The van der Waals surface area contributed by atoms with Gasteiger partial charge in [0.1, 0.15) is 16.6 Å². The Balaban J connectivity index is 2.08. The first kappa shape index (κ1) is 16.4. The molecule has 0 saturated carbocycles. The first-order valence-electron chi connectivity index (χ1n) is 6.18. The maximum absolute atomic E-state index is 13.6. The quantitative estimate of drug-likeness (QED) is 0.819. The van der Waals surface area contributed by atoms with Crippen LogP contribution in [-0.2, 0) is 4.79 Å². The van der Waals surface area contributed by atoms with E-state index in [0.29, 0.717) is 5.00 Å². The fourth-order valence-electron chi connectivity index (χ4n) is 1.63. The van der Waals surface area contributed by atoms with E-state index >= 15 is 0 Å². The van der Waals surface area contributed by atoms with Gasteiger partial charge in [0.15, 0.2) is 0 Å². The number of carbonyl (C=O) groups excluding carboxylic acids is 2. The molecule has 0 unspecified atom stereocenters. The van der Waals surface area contributed by atoms with Gasteiger partial charge >= 0.3 is 0 Å². The van der Waals surface area contributed by atoms with Crippen LogP contribution in [0.5, 0.6) is 0 Å². The zero-order chi connectivity index (χ0) is 16.3. The minimum Gasteiger partial charge on any atom is -0.366 e. The van der Waals surface area contributed by atoms with Crippen LogP contribution in [-0.4, -0.2) is 17.1 Å². The van der Waals surface area contributed by atoms with E-state index in [-0.39, 0.29) is 10.5 Å². The highest BCUT2D eigenvalue weighted by molar-refractivity contribution is 8.00. The van der Waals surface area contributed by atoms with E-state index < -0.39 is 28.7 Å². The predicted molar refractivity (Wildman–Crippen MR) is 83.1 cm³/mol. The molecule has 3 N–H and O–H groups in total. The molecule has 0 spiro atoms. The molecular formula is C14H12F2N2O2S2. The minimum atomic E-state index is -0.681. The van der Waals surface area contributed by atoms with E-state index in [2.05, 4.69) is 5.32 Å². The molecule has 1 aromatic carbocycles. The lowest BCUT2D eigenvalue weighted by Gasteiger charge is -2.12. The SMILES string of the molecule is C[C@@H](Sc1cc(F)ccc1F)C(=O)Nc1sccc1C(N)=O. The highest BCUT2D eigenvalue weighted by Crippen LogP contribution is 2.29. The maximum Gasteiger partial charge on any atom is 0.251 e. The number of anilines is 1. The molecule has 22 heavy (non-hydrogen) atoms. The van der Waals surface area contributed by atoms with Gasteiger partial charge in [-0.2, -0.15) is 0 Å². The van der Waals surface area contributed by atoms with Gasteiger partial charge < -0.3 is 11.1 Å². The van der Waals surface area contributed by atoms with Gasteiger partial charge in [0, 0.05) is 4.90 Å². The molecule has 1 aromatic heterocycles. The summed E-state index contributed by atoms with van der Waals surface area (Å²) >= 11 is 2.05. The molecule has 0 saturated heterocycles. The Labute approximate surface area is 133 Å². The summed E-state index contributed by atoms with van der Waals surface area (Å²) in [5, 5.41) is 3.85. The molecule has 0 aliphatic rings. The number of primary amides is 1. The summed E-state index contributed by atoms with van der Waals surface area (Å²) in [6.07, 6.45) is 0. The number of carbonyl (C=O) groups is 2. The molecule has 1 heterocycles. The summed E-state index contributed by atoms with van der Waals surface area (Å²) in [5.74, 6) is -2.25. The van der Waals surface area contributed by atoms with Crippen molar-refractivity contribution in [3.63, 3.8) is 0 Å². The Kier molecular flexibility index (Phi) is 5.15. The lowest BCUT2D eigenvalue weighted by atomic mass is 10.3. The third kappa shape index (κ3) is 3.83. The Hall–Kier alpha value is -1.93. The minimum absolute atomic E-state index is 0.0453. The number of nitrogens with one attached hydrogen (secondary N) is 1. The van der Waals surface area contributed by atoms with Crippen LogP contribution in [0.3, 0.4) is 0 Å². The van der Waals surface area contributed by atoms with Crippen molar-refractivity contribution in [2.45, 2.75) is 17.1 Å². The molecule has 0 fully saturated rings. The molecule has 4 nitrogen and oxygen atoms in total. The highest BCUT2D eigenvalue weighted by Gasteiger charge is 2.19. The van der Waals surface area contributed by atoms with Crippen molar-refractivity contribution in [1.29, 1.82) is 0 Å². The van der Waals surface area contributed by atoms with Crippen LogP contribution in [0.4, 0.5) is 13.8 Å². The topological polar surface area (TPSA) is 72.2 Å². The largest absolute Gasteiger partial charge is 0.366 e. The number of nitrogens with two attached hydrogens (primary N) is 1. The van der Waals surface area contributed by atoms with E-state index in [1.54, 1.807) is 12.3 Å². The number of hydrogen-bond acceptors (Lipinski definition) is 4. The van der Waals surface area contributed by atoms with E-state index in [1.807, 2.05) is 0 Å². The van der Waals surface area contributed by atoms with Gasteiger partial charge in [0.25, 0.3) is 5.91 Å². The first-order valence-corrected chi connectivity index (χ1v) is 7.94. The molecule has 116 valence electrons. The average Bonchev–Trinajstić information content (AvgIpc) is 2.91. The number of thiophene rings is 1. The van der Waals surface area contributed by atoms with Gasteiger partial charge in [-0.3, -0.25) is 9.59 Å². The van der Waals surface area contributed by atoms with Crippen molar-refractivity contribution in [3.8, 4) is 0 Å². The van der Waals surface area contributed by atoms with Gasteiger partial charge in [-0.15, -0.1) is 23.1 Å². The van der Waals surface area contributed by atoms with Crippen LogP contribution in [0, 0.1) is 11.6 Å². The molecule has 8 heteroatoms. The number of benzene rings is 1. The Morgan fingerprint density at radius 3 is 2.73 bits per heavy atom. The Morgan fingerprint density at radius 2 is 2.05 bits per heavy atom. The van der Waals surface area contributed by atoms with Crippen molar-refractivity contribution in [2.24, 2.45) is 5.73 Å². The lowest BCUT2D eigenvalue weighted by Crippen LogP contribution is -2.23. The summed E-state index contributed by atoms with van der Waals surface area (Å²) in [6, 6.07) is 4.55. The zero-order valence-electron chi connectivity index (χ0n) is 11.4. The third-order valence-corrected chi connectivity index (χ3v) is 4.70. The van der Waals surface area contributed by atoms with Crippen molar-refractivity contribution < 1.29 is 18.4 Å². The fraction of sp³-hybridized carbons (Fsp3) is 0.143. The first-order chi connectivity index (χ1) is 10.4. The number of halogens is 2. The third-order valence-electron chi connectivity index (χ3n) is 2.73. The summed E-state index contributed by atoms with van der Waals surface area (Å²) in [5.41, 5.74) is 5.41. The van der Waals surface area contributed by atoms with E-state index in [0.717, 1.165) is 41.3 Å². The van der Waals surface area contributed by atoms with Crippen molar-refractivity contribution in [3.05, 3.63) is 46.8 Å². The monoisotopic (exact) mass is 342 g/mol. The second kappa shape index (κ2) is 6.89. The van der Waals surface area contributed by atoms with Gasteiger partial charge in [0.05, 0.1) is 10.8 Å². The van der Waals surface area contributed by atoms with Crippen LogP contribution in [0.1, 0.15) is 17.3 Å². The summed E-state index contributed by atoms with van der Waals surface area (Å²) < 4.78 is 26.7. The number of hydrogen-bond donors (Lipinski definition) is 2. The van der Waals surface area contributed by atoms with Crippen LogP contribution >= 0.6 is 23.1 Å². The van der Waals surface area contributed by atoms with Crippen LogP contribution in [0.25, 0.3) is 0 Å². The molecule has 2 amide bonds. The standard InChI is InChI=1S/C14H12F2N2O2S2/c1-7(22-11-6-8(15)2-3-10(11)16)13(20)18-14-9(12(17)19)4-5-21-14/h2-7H,1H3,(H2,17,19)(H,18,20)/t7-/m1/s1. The number of amides is 2. The molecule has 0 aliphatic heterocycles. The molecule has 2 rings (SSSR count). The highest BCUT2D eigenvalue weighted by atomic mass is 32.2. The molecule has 2 aromatic rings. The lowest BCUT2D eigenvalue weighted by molar-refractivity contribution is -0.115. The van der Waals surface area contributed by atoms with E-state index in [9.17, 15) is 18.4 Å². The normalized spacial score (nSPS) is 12.0. The number of thioether (sulfide) groups is 1. The molecule has 1 atom stereocenters. The predicted octanol–water partition coefficient (Wildman–Crippen LogP) is 3.24. The molecular weight excluding hydrogens is 330 g/mol. The zero-order valence-corrected chi connectivity index (χ0v) is 13.1. The van der Waals surface area contributed by atoms with Gasteiger partial charge in [0.2, 0.25) is 5.91 Å². The number of rotatable bonds is 5. The second-order valence-corrected chi connectivity index (χ2v) is 6.65. The van der Waals surface area contributed by atoms with Gasteiger partial charge in [-0.1, -0.05) is 0 Å². The fourth-order valence-corrected chi connectivity index (χ4v) is 3.33. The Morgan fingerprint density at radius 1 is 1.32 bits per heavy atom. The van der Waals surface area contributed by atoms with E-state index in [4.69, 9.17) is 5.73 Å². The average molecular weight is 342 g/mol. The summed E-state index contributed by atoms with van der Waals surface area (Å²) in [4.78, 5) is 23.3. The van der Waals surface area contributed by atoms with Gasteiger partial charge in [-0.25, -0.2) is 8.78 Å². The summed E-state index contributed by atoms with van der Waals surface area (Å²) in [6.45, 7) is 1.56. The maximum atomic E-state index is 13.6. The second-order valence-electron chi connectivity index (χ2n) is 4.35. The Bertz CT molecular complexity index is 719. The van der Waals surface area contributed by atoms with E-state index in [1.165, 1.54) is 6.07 Å². The van der Waals surface area contributed by atoms with Crippen LogP contribution in [0.15, 0.2) is 34.5 Å². The molecule has 0 aliphatic carbocycles. The molecule has 0 bridgehead atoms. The van der Waals surface area contributed by atoms with Crippen LogP contribution < -0.4 is 11.1 Å². The smallest absolute Gasteiger partial charge is 0.251 e. The summed E-state index contributed by atoms with van der Waals surface area (Å²) in [7, 11) is 0. The molecule has 0 radical (unpaired) electrons. The van der Waals surface area contributed by atoms with Crippen molar-refractivity contribution in [1.82, 2.24) is 0 Å². The van der Waals surface area contributed by atoms with Gasteiger partial charge in [-0.05, 0) is 36.6 Å². The van der Waals surface area contributed by atoms with Crippen molar-refractivity contribution in [2.75, 3.05) is 5.32 Å². The van der Waals surface area contributed by atoms with Crippen LogP contribution in [0.2, 0.25) is 0 Å². The van der Waals surface area contributed by atoms with Crippen molar-refractivity contribution >= 4 is 39.9 Å².